The molecule has 3 rings (SSSR count). The second kappa shape index (κ2) is 10.8. The van der Waals surface area contributed by atoms with Crippen LogP contribution in [-0.2, 0) is 10.8 Å². The van der Waals surface area contributed by atoms with Crippen molar-refractivity contribution in [2.75, 3.05) is 7.11 Å². The van der Waals surface area contributed by atoms with E-state index in [1.54, 1.807) is 0 Å². The third-order valence-corrected chi connectivity index (χ3v) is 7.15. The van der Waals surface area contributed by atoms with Crippen LogP contribution in [0.5, 0.6) is 5.75 Å². The maximum atomic E-state index is 14.6. The highest BCUT2D eigenvalue weighted by molar-refractivity contribution is 5.32. The van der Waals surface area contributed by atoms with Crippen molar-refractivity contribution in [1.29, 1.82) is 0 Å². The fraction of sp³-hybridized carbons (Fsp3) is 0.680. The van der Waals surface area contributed by atoms with Crippen LogP contribution in [0.4, 0.5) is 17.6 Å². The van der Waals surface area contributed by atoms with Crippen molar-refractivity contribution in [1.82, 2.24) is 0 Å². The van der Waals surface area contributed by atoms with E-state index in [0.29, 0.717) is 24.7 Å². The molecule has 2 aliphatic carbocycles. The van der Waals surface area contributed by atoms with Crippen LogP contribution in [0, 0.1) is 29.4 Å². The average molecular weight is 443 g/mol. The zero-order valence-electron chi connectivity index (χ0n) is 18.5. The lowest BCUT2D eigenvalue weighted by atomic mass is 9.70. The van der Waals surface area contributed by atoms with E-state index in [1.807, 2.05) is 0 Å². The Morgan fingerprint density at radius 3 is 2.13 bits per heavy atom. The normalized spacial score (nSPS) is 27.5. The van der Waals surface area contributed by atoms with Gasteiger partial charge in [0, 0.05) is 0 Å². The minimum absolute atomic E-state index is 0.408. The van der Waals surface area contributed by atoms with Crippen LogP contribution in [0.2, 0.25) is 0 Å². The summed E-state index contributed by atoms with van der Waals surface area (Å²) < 4.78 is 66.7. The minimum Gasteiger partial charge on any atom is -0.494 e. The van der Waals surface area contributed by atoms with Gasteiger partial charge in [0.05, 0.1) is 18.8 Å². The minimum atomic E-state index is -3.88. The van der Waals surface area contributed by atoms with Gasteiger partial charge in [-0.15, -0.1) is 0 Å². The van der Waals surface area contributed by atoms with Crippen molar-refractivity contribution < 1.29 is 27.0 Å². The summed E-state index contributed by atoms with van der Waals surface area (Å²) in [4.78, 5) is 0. The van der Waals surface area contributed by atoms with Gasteiger partial charge in [0.15, 0.2) is 11.6 Å². The van der Waals surface area contributed by atoms with E-state index in [0.717, 1.165) is 44.4 Å². The second-order valence-corrected chi connectivity index (χ2v) is 9.04. The number of alkyl halides is 2. The largest absolute Gasteiger partial charge is 0.494 e. The maximum Gasteiger partial charge on any atom is 0.386 e. The first-order valence-corrected chi connectivity index (χ1v) is 11.5. The molecule has 2 nitrogen and oxygen atoms in total. The summed E-state index contributed by atoms with van der Waals surface area (Å²) in [5, 5.41) is 0. The van der Waals surface area contributed by atoms with Crippen molar-refractivity contribution in [2.45, 2.75) is 83.3 Å². The fourth-order valence-electron chi connectivity index (χ4n) is 5.31. The molecule has 0 atom stereocenters. The summed E-state index contributed by atoms with van der Waals surface area (Å²) in [6.07, 6.45) is 9.98. The first kappa shape index (κ1) is 24.1. The number of halogens is 4. The van der Waals surface area contributed by atoms with Crippen molar-refractivity contribution in [3.63, 3.8) is 0 Å². The SMILES string of the molecule is CC=CCCC1CCC(C2CCC(OC(F)(F)c3ccc(OC)c(F)c3F)CC2)CC1. The highest BCUT2D eigenvalue weighted by atomic mass is 19.3. The number of hydrogen-bond donors (Lipinski definition) is 0. The number of ether oxygens (including phenoxy) is 2. The Labute approximate surface area is 183 Å². The Morgan fingerprint density at radius 2 is 1.55 bits per heavy atom. The van der Waals surface area contributed by atoms with Gasteiger partial charge in [-0.05, 0) is 88.2 Å². The van der Waals surface area contributed by atoms with Gasteiger partial charge in [0.2, 0.25) is 5.82 Å². The molecule has 2 fully saturated rings. The third-order valence-electron chi connectivity index (χ3n) is 7.15. The number of methoxy groups -OCH3 is 1. The average Bonchev–Trinajstić information content (AvgIpc) is 2.76. The Morgan fingerprint density at radius 1 is 0.935 bits per heavy atom. The van der Waals surface area contributed by atoms with Crippen LogP contribution in [0.3, 0.4) is 0 Å². The maximum absolute atomic E-state index is 14.6. The Kier molecular flexibility index (Phi) is 8.43. The van der Waals surface area contributed by atoms with Crippen molar-refractivity contribution in [3.8, 4) is 5.75 Å². The van der Waals surface area contributed by atoms with Crippen molar-refractivity contribution in [3.05, 3.63) is 41.5 Å². The molecule has 31 heavy (non-hydrogen) atoms. The summed E-state index contributed by atoms with van der Waals surface area (Å²) >= 11 is 0. The smallest absolute Gasteiger partial charge is 0.386 e. The highest BCUT2D eigenvalue weighted by Gasteiger charge is 2.41. The summed E-state index contributed by atoms with van der Waals surface area (Å²) in [5.41, 5.74) is -1.08. The number of rotatable bonds is 8. The zero-order valence-corrected chi connectivity index (χ0v) is 18.5. The molecular weight excluding hydrogens is 408 g/mol. The topological polar surface area (TPSA) is 18.5 Å². The lowest BCUT2D eigenvalue weighted by Crippen LogP contribution is -2.33. The Hall–Kier alpha value is -1.56. The molecular formula is C25H34F4O2. The molecule has 0 saturated heterocycles. The quantitative estimate of drug-likeness (QED) is 0.302. The second-order valence-electron chi connectivity index (χ2n) is 9.04. The molecule has 0 amide bonds. The Bertz CT molecular complexity index is 733. The molecule has 1 aromatic rings. The first-order valence-electron chi connectivity index (χ1n) is 11.5. The summed E-state index contributed by atoms with van der Waals surface area (Å²) in [6, 6.07) is 1.83. The van der Waals surface area contributed by atoms with Crippen LogP contribution < -0.4 is 4.74 Å². The molecule has 2 saturated carbocycles. The number of benzene rings is 1. The predicted molar refractivity (Wildman–Crippen MR) is 113 cm³/mol. The molecule has 0 aliphatic heterocycles. The van der Waals surface area contributed by atoms with E-state index >= 15 is 0 Å². The van der Waals surface area contributed by atoms with Crippen LogP contribution in [0.1, 0.15) is 76.7 Å². The van der Waals surface area contributed by atoms with Gasteiger partial charge in [-0.2, -0.15) is 13.2 Å². The first-order chi connectivity index (χ1) is 14.9. The summed E-state index contributed by atoms with van der Waals surface area (Å²) in [6.45, 7) is 2.05. The monoisotopic (exact) mass is 442 g/mol. The third kappa shape index (κ3) is 6.03. The van der Waals surface area contributed by atoms with E-state index in [-0.39, 0.29) is 0 Å². The molecule has 0 heterocycles. The molecule has 0 radical (unpaired) electrons. The molecule has 0 aromatic heterocycles. The van der Waals surface area contributed by atoms with Crippen LogP contribution in [-0.4, -0.2) is 13.2 Å². The summed E-state index contributed by atoms with van der Waals surface area (Å²) in [5.74, 6) is -1.41. The molecule has 0 bridgehead atoms. The van der Waals surface area contributed by atoms with Crippen LogP contribution >= 0.6 is 0 Å². The van der Waals surface area contributed by atoms with Crippen molar-refractivity contribution in [2.24, 2.45) is 17.8 Å². The van der Waals surface area contributed by atoms with Gasteiger partial charge in [0.25, 0.3) is 0 Å². The zero-order chi connectivity index (χ0) is 22.4. The van der Waals surface area contributed by atoms with Crippen LogP contribution in [0.15, 0.2) is 24.3 Å². The van der Waals surface area contributed by atoms with Gasteiger partial charge < -0.3 is 9.47 Å². The van der Waals surface area contributed by atoms with E-state index in [4.69, 9.17) is 4.74 Å². The van der Waals surface area contributed by atoms with Gasteiger partial charge in [-0.3, -0.25) is 0 Å². The Balaban J connectivity index is 1.48. The molecule has 0 spiro atoms. The molecule has 0 N–H and O–H groups in total. The lowest BCUT2D eigenvalue weighted by Gasteiger charge is -2.38. The fourth-order valence-corrected chi connectivity index (χ4v) is 5.31. The van der Waals surface area contributed by atoms with Crippen molar-refractivity contribution >= 4 is 0 Å². The van der Waals surface area contributed by atoms with Gasteiger partial charge >= 0.3 is 6.11 Å². The molecule has 0 unspecified atom stereocenters. The summed E-state index contributed by atoms with van der Waals surface area (Å²) in [7, 11) is 1.15. The number of allylic oxidation sites excluding steroid dienone is 2. The van der Waals surface area contributed by atoms with E-state index in [1.165, 1.54) is 32.1 Å². The molecule has 174 valence electrons. The standard InChI is InChI=1S/C25H34F4O2/c1-3-4-5-6-17-7-9-18(10-8-17)19-11-13-20(14-12-19)31-25(28,29)21-15-16-22(30-2)24(27)23(21)26/h3-4,15-20H,5-14H2,1-2H3. The van der Waals surface area contributed by atoms with E-state index in [2.05, 4.69) is 23.8 Å². The van der Waals surface area contributed by atoms with E-state index in [9.17, 15) is 17.6 Å². The van der Waals surface area contributed by atoms with Gasteiger partial charge in [-0.25, -0.2) is 4.39 Å². The molecule has 2 aliphatic rings. The molecule has 6 heteroatoms. The van der Waals surface area contributed by atoms with Crippen LogP contribution in [0.25, 0.3) is 0 Å². The predicted octanol–water partition coefficient (Wildman–Crippen LogP) is 7.76. The van der Waals surface area contributed by atoms with E-state index < -0.39 is 35.2 Å². The van der Waals surface area contributed by atoms with Gasteiger partial charge in [-0.1, -0.05) is 25.0 Å². The highest BCUT2D eigenvalue weighted by Crippen LogP contribution is 2.43. The number of hydrogen-bond acceptors (Lipinski definition) is 2. The van der Waals surface area contributed by atoms with Gasteiger partial charge in [0.1, 0.15) is 0 Å². The lowest BCUT2D eigenvalue weighted by molar-refractivity contribution is -0.280. The molecule has 1 aromatic carbocycles.